The van der Waals surface area contributed by atoms with E-state index in [0.29, 0.717) is 24.3 Å². The summed E-state index contributed by atoms with van der Waals surface area (Å²) in [5.41, 5.74) is 0.741. The highest BCUT2D eigenvalue weighted by atomic mass is 32.2. The smallest absolute Gasteiger partial charge is 0.240 e. The lowest BCUT2D eigenvalue weighted by molar-refractivity contribution is 0.577. The number of nitrogens with one attached hydrogen (secondary N) is 2. The first-order valence-electron chi connectivity index (χ1n) is 5.99. The van der Waals surface area contributed by atoms with Gasteiger partial charge in [0, 0.05) is 13.0 Å². The van der Waals surface area contributed by atoms with Crippen molar-refractivity contribution in [2.24, 2.45) is 0 Å². The van der Waals surface area contributed by atoms with Crippen LogP contribution in [0, 0.1) is 6.92 Å². The van der Waals surface area contributed by atoms with Crippen LogP contribution in [-0.4, -0.2) is 30.1 Å². The second-order valence-electron chi connectivity index (χ2n) is 4.20. The number of aryl methyl sites for hydroxylation is 2. The van der Waals surface area contributed by atoms with Crippen molar-refractivity contribution >= 4 is 10.0 Å². The fraction of sp³-hybridized carbons (Fsp3) is 0.333. The number of sulfonamides is 1. The highest BCUT2D eigenvalue weighted by Crippen LogP contribution is 2.13. The van der Waals surface area contributed by atoms with E-state index in [1.807, 2.05) is 6.07 Å². The van der Waals surface area contributed by atoms with Crippen molar-refractivity contribution in [3.63, 3.8) is 0 Å². The summed E-state index contributed by atoms with van der Waals surface area (Å²) in [4.78, 5) is 4.31. The van der Waals surface area contributed by atoms with Crippen LogP contribution >= 0.6 is 0 Å². The zero-order valence-electron chi connectivity index (χ0n) is 10.6. The predicted octanol–water partition coefficient (Wildman–Crippen LogP) is 1.02. The summed E-state index contributed by atoms with van der Waals surface area (Å²) in [7, 11) is -3.43. The molecule has 0 atom stereocenters. The Kier molecular flexibility index (Phi) is 4.28. The van der Waals surface area contributed by atoms with E-state index in [9.17, 15) is 8.42 Å². The van der Waals surface area contributed by atoms with Crippen molar-refractivity contribution in [2.45, 2.75) is 24.7 Å². The van der Waals surface area contributed by atoms with Gasteiger partial charge >= 0.3 is 0 Å². The molecule has 0 amide bonds. The van der Waals surface area contributed by atoms with Crippen LogP contribution in [0.4, 0.5) is 0 Å². The van der Waals surface area contributed by atoms with Gasteiger partial charge in [0.25, 0.3) is 0 Å². The van der Waals surface area contributed by atoms with Gasteiger partial charge in [0.15, 0.2) is 0 Å². The highest BCUT2D eigenvalue weighted by molar-refractivity contribution is 7.89. The lowest BCUT2D eigenvalue weighted by Crippen LogP contribution is -2.25. The molecule has 0 spiro atoms. The first-order chi connectivity index (χ1) is 9.09. The highest BCUT2D eigenvalue weighted by Gasteiger charge is 2.15. The van der Waals surface area contributed by atoms with Gasteiger partial charge in [-0.15, -0.1) is 0 Å². The number of benzene rings is 1. The van der Waals surface area contributed by atoms with Gasteiger partial charge < -0.3 is 0 Å². The number of hydrogen-bond donors (Lipinski definition) is 2. The molecule has 7 heteroatoms. The third-order valence-electron chi connectivity index (χ3n) is 2.73. The Morgan fingerprint density at radius 2 is 2.11 bits per heavy atom. The van der Waals surface area contributed by atoms with Crippen LogP contribution < -0.4 is 4.72 Å². The van der Waals surface area contributed by atoms with Gasteiger partial charge in [-0.05, 0) is 25.0 Å². The van der Waals surface area contributed by atoms with Crippen molar-refractivity contribution in [1.29, 1.82) is 0 Å². The summed E-state index contributed by atoms with van der Waals surface area (Å²) >= 11 is 0. The molecule has 0 aliphatic carbocycles. The van der Waals surface area contributed by atoms with E-state index in [0.717, 1.165) is 11.4 Å². The monoisotopic (exact) mass is 280 g/mol. The van der Waals surface area contributed by atoms with E-state index in [2.05, 4.69) is 19.9 Å². The molecule has 19 heavy (non-hydrogen) atoms. The van der Waals surface area contributed by atoms with Crippen molar-refractivity contribution in [2.75, 3.05) is 6.54 Å². The summed E-state index contributed by atoms with van der Waals surface area (Å²) < 4.78 is 26.7. The predicted molar refractivity (Wildman–Crippen MR) is 71.1 cm³/mol. The second-order valence-corrected chi connectivity index (χ2v) is 5.93. The van der Waals surface area contributed by atoms with Crippen LogP contribution in [0.15, 0.2) is 35.5 Å². The molecular weight excluding hydrogens is 264 g/mol. The standard InChI is InChI=1S/C12H16N4O2S/c1-10-5-2-3-6-11(10)19(17,18)15-8-4-7-12-13-9-14-16-12/h2-3,5-6,9,15H,4,7-8H2,1H3,(H,13,14,16). The summed E-state index contributed by atoms with van der Waals surface area (Å²) in [5, 5.41) is 6.47. The topological polar surface area (TPSA) is 87.7 Å². The lowest BCUT2D eigenvalue weighted by Gasteiger charge is -2.08. The molecule has 0 fully saturated rings. The van der Waals surface area contributed by atoms with Crippen molar-refractivity contribution in [1.82, 2.24) is 19.9 Å². The van der Waals surface area contributed by atoms with Crippen LogP contribution in [-0.2, 0) is 16.4 Å². The molecule has 2 rings (SSSR count). The molecule has 2 N–H and O–H groups in total. The summed E-state index contributed by atoms with van der Waals surface area (Å²) in [6, 6.07) is 6.92. The molecule has 0 saturated heterocycles. The minimum Gasteiger partial charge on any atom is -0.263 e. The Morgan fingerprint density at radius 3 is 2.79 bits per heavy atom. The number of H-pyrrole nitrogens is 1. The third kappa shape index (κ3) is 3.62. The van der Waals surface area contributed by atoms with E-state index in [1.165, 1.54) is 6.33 Å². The maximum Gasteiger partial charge on any atom is 0.240 e. The number of nitrogens with zero attached hydrogens (tertiary/aromatic N) is 2. The Hall–Kier alpha value is -1.73. The van der Waals surface area contributed by atoms with Gasteiger partial charge in [0.05, 0.1) is 4.90 Å². The molecule has 0 saturated carbocycles. The minimum atomic E-state index is -3.43. The van der Waals surface area contributed by atoms with Gasteiger partial charge in [0.2, 0.25) is 10.0 Å². The average Bonchev–Trinajstić information content (AvgIpc) is 2.88. The molecule has 6 nitrogen and oxygen atoms in total. The van der Waals surface area contributed by atoms with Crippen LogP contribution in [0.2, 0.25) is 0 Å². The van der Waals surface area contributed by atoms with E-state index in [-0.39, 0.29) is 0 Å². The molecule has 0 radical (unpaired) electrons. The van der Waals surface area contributed by atoms with Crippen molar-refractivity contribution in [3.05, 3.63) is 42.0 Å². The van der Waals surface area contributed by atoms with Crippen LogP contribution in [0.25, 0.3) is 0 Å². The molecule has 102 valence electrons. The summed E-state index contributed by atoms with van der Waals surface area (Å²) in [5.74, 6) is 0.759. The minimum absolute atomic E-state index is 0.328. The van der Waals surface area contributed by atoms with E-state index in [4.69, 9.17) is 0 Å². The maximum absolute atomic E-state index is 12.1. The zero-order valence-corrected chi connectivity index (χ0v) is 11.4. The zero-order chi connectivity index (χ0) is 13.7. The molecule has 0 aliphatic heterocycles. The van der Waals surface area contributed by atoms with E-state index < -0.39 is 10.0 Å². The molecule has 1 heterocycles. The third-order valence-corrected chi connectivity index (χ3v) is 4.35. The average molecular weight is 280 g/mol. The Balaban J connectivity index is 1.90. The van der Waals surface area contributed by atoms with Crippen molar-refractivity contribution in [3.8, 4) is 0 Å². The second kappa shape index (κ2) is 5.94. The van der Waals surface area contributed by atoms with Gasteiger partial charge in [-0.2, -0.15) is 5.10 Å². The quantitative estimate of drug-likeness (QED) is 0.773. The Bertz CT molecular complexity index is 623. The molecule has 0 aliphatic rings. The van der Waals surface area contributed by atoms with Crippen LogP contribution in [0.3, 0.4) is 0 Å². The number of aromatic amines is 1. The molecule has 1 aromatic heterocycles. The normalized spacial score (nSPS) is 11.6. The largest absolute Gasteiger partial charge is 0.263 e. The summed E-state index contributed by atoms with van der Waals surface area (Å²) in [6.45, 7) is 2.15. The Labute approximate surface area is 112 Å². The molecular formula is C12H16N4O2S. The summed E-state index contributed by atoms with van der Waals surface area (Å²) in [6.07, 6.45) is 2.77. The van der Waals surface area contributed by atoms with Gasteiger partial charge in [-0.3, -0.25) is 5.10 Å². The first kappa shape index (κ1) is 13.7. The van der Waals surface area contributed by atoms with Crippen LogP contribution in [0.5, 0.6) is 0 Å². The fourth-order valence-corrected chi connectivity index (χ4v) is 3.07. The maximum atomic E-state index is 12.1. The number of hydrogen-bond acceptors (Lipinski definition) is 4. The van der Waals surface area contributed by atoms with Crippen LogP contribution in [0.1, 0.15) is 17.8 Å². The van der Waals surface area contributed by atoms with E-state index >= 15 is 0 Å². The molecule has 2 aromatic rings. The lowest BCUT2D eigenvalue weighted by atomic mass is 10.2. The number of rotatable bonds is 6. The molecule has 0 unspecified atom stereocenters. The first-order valence-corrected chi connectivity index (χ1v) is 7.47. The molecule has 1 aromatic carbocycles. The van der Waals surface area contributed by atoms with Gasteiger partial charge in [0.1, 0.15) is 12.2 Å². The SMILES string of the molecule is Cc1ccccc1S(=O)(=O)NCCCc1ncn[nH]1. The van der Waals surface area contributed by atoms with Crippen molar-refractivity contribution < 1.29 is 8.42 Å². The fourth-order valence-electron chi connectivity index (χ4n) is 1.75. The Morgan fingerprint density at radius 1 is 1.32 bits per heavy atom. The van der Waals surface area contributed by atoms with Gasteiger partial charge in [-0.25, -0.2) is 18.1 Å². The van der Waals surface area contributed by atoms with Gasteiger partial charge in [-0.1, -0.05) is 18.2 Å². The molecule has 0 bridgehead atoms. The number of aromatic nitrogens is 3. The van der Waals surface area contributed by atoms with E-state index in [1.54, 1.807) is 25.1 Å².